The van der Waals surface area contributed by atoms with Crippen molar-refractivity contribution in [1.29, 1.82) is 0 Å². The summed E-state index contributed by atoms with van der Waals surface area (Å²) in [5, 5.41) is 0. The standard InChI is InChI=1S/C9H15N3O4/c1-6-4-7(13)12(8(14)5-6)3-2-9(15)16-11-10/h6,11H,2-5,10H2,1H3. The third-order valence-corrected chi connectivity index (χ3v) is 2.36. The molecule has 0 aromatic heterocycles. The van der Waals surface area contributed by atoms with Gasteiger partial charge >= 0.3 is 5.97 Å². The van der Waals surface area contributed by atoms with Crippen LogP contribution in [0.2, 0.25) is 0 Å². The van der Waals surface area contributed by atoms with E-state index in [0.29, 0.717) is 12.8 Å². The summed E-state index contributed by atoms with van der Waals surface area (Å²) in [5.74, 6) is 3.76. The molecule has 90 valence electrons. The van der Waals surface area contributed by atoms with Crippen LogP contribution in [-0.2, 0) is 19.2 Å². The van der Waals surface area contributed by atoms with Crippen molar-refractivity contribution in [2.75, 3.05) is 6.54 Å². The molecule has 1 aliphatic rings. The van der Waals surface area contributed by atoms with Crippen LogP contribution < -0.4 is 11.4 Å². The number of nitrogens with two attached hydrogens (primary N) is 1. The van der Waals surface area contributed by atoms with E-state index in [9.17, 15) is 14.4 Å². The Morgan fingerprint density at radius 2 is 2.06 bits per heavy atom. The van der Waals surface area contributed by atoms with Crippen molar-refractivity contribution < 1.29 is 19.2 Å². The van der Waals surface area contributed by atoms with E-state index in [-0.39, 0.29) is 30.7 Å². The number of carbonyl (C=O) groups excluding carboxylic acids is 3. The predicted octanol–water partition coefficient (Wildman–Crippen LogP) is -0.917. The van der Waals surface area contributed by atoms with Gasteiger partial charge in [0.05, 0.1) is 6.42 Å². The lowest BCUT2D eigenvalue weighted by Gasteiger charge is -2.27. The monoisotopic (exact) mass is 229 g/mol. The maximum absolute atomic E-state index is 11.5. The minimum atomic E-state index is -0.610. The Hall–Kier alpha value is -1.47. The summed E-state index contributed by atoms with van der Waals surface area (Å²) in [7, 11) is 0. The molecule has 1 saturated heterocycles. The van der Waals surface area contributed by atoms with Crippen molar-refractivity contribution >= 4 is 17.8 Å². The van der Waals surface area contributed by atoms with Gasteiger partial charge in [-0.05, 0) is 5.92 Å². The molecule has 0 unspecified atom stereocenters. The zero-order valence-corrected chi connectivity index (χ0v) is 9.06. The molecule has 0 radical (unpaired) electrons. The van der Waals surface area contributed by atoms with Crippen LogP contribution in [0.1, 0.15) is 26.2 Å². The number of likely N-dealkylation sites (tertiary alicyclic amines) is 1. The van der Waals surface area contributed by atoms with Gasteiger partial charge in [-0.25, -0.2) is 5.84 Å². The summed E-state index contributed by atoms with van der Waals surface area (Å²) >= 11 is 0. The van der Waals surface area contributed by atoms with Crippen molar-refractivity contribution in [2.24, 2.45) is 11.8 Å². The minimum Gasteiger partial charge on any atom is -0.356 e. The SMILES string of the molecule is CC1CC(=O)N(CCC(=O)ONN)C(=O)C1. The normalized spacial score (nSPS) is 17.8. The highest BCUT2D eigenvalue weighted by Gasteiger charge is 2.30. The average molecular weight is 229 g/mol. The molecule has 7 nitrogen and oxygen atoms in total. The van der Waals surface area contributed by atoms with E-state index in [4.69, 9.17) is 5.84 Å². The predicted molar refractivity (Wildman–Crippen MR) is 53.2 cm³/mol. The fraction of sp³-hybridized carbons (Fsp3) is 0.667. The van der Waals surface area contributed by atoms with Crippen LogP contribution >= 0.6 is 0 Å². The fourth-order valence-corrected chi connectivity index (χ4v) is 1.60. The van der Waals surface area contributed by atoms with Gasteiger partial charge in [0.1, 0.15) is 0 Å². The first-order chi connectivity index (χ1) is 7.54. The molecule has 1 aliphatic heterocycles. The molecular weight excluding hydrogens is 214 g/mol. The molecule has 0 aromatic carbocycles. The first-order valence-corrected chi connectivity index (χ1v) is 5.03. The largest absolute Gasteiger partial charge is 0.356 e. The molecular formula is C9H15N3O4. The molecule has 0 spiro atoms. The van der Waals surface area contributed by atoms with Gasteiger partial charge in [0.15, 0.2) is 0 Å². The van der Waals surface area contributed by atoms with E-state index in [0.717, 1.165) is 4.90 Å². The van der Waals surface area contributed by atoms with E-state index >= 15 is 0 Å². The number of nitrogens with one attached hydrogen (secondary N) is 1. The number of piperidine rings is 1. The van der Waals surface area contributed by atoms with Gasteiger partial charge in [-0.3, -0.25) is 19.3 Å². The Morgan fingerprint density at radius 3 is 2.56 bits per heavy atom. The third kappa shape index (κ3) is 3.28. The summed E-state index contributed by atoms with van der Waals surface area (Å²) in [4.78, 5) is 39.3. The zero-order chi connectivity index (χ0) is 12.1. The molecule has 2 amide bonds. The molecule has 0 atom stereocenters. The van der Waals surface area contributed by atoms with Gasteiger partial charge in [0.25, 0.3) is 0 Å². The summed E-state index contributed by atoms with van der Waals surface area (Å²) in [6.07, 6.45) is 0.627. The van der Waals surface area contributed by atoms with Crippen molar-refractivity contribution in [3.63, 3.8) is 0 Å². The minimum absolute atomic E-state index is 0.0465. The van der Waals surface area contributed by atoms with Crippen molar-refractivity contribution in [1.82, 2.24) is 10.5 Å². The maximum Gasteiger partial charge on any atom is 0.328 e. The van der Waals surface area contributed by atoms with Crippen molar-refractivity contribution in [2.45, 2.75) is 26.2 Å². The first kappa shape index (κ1) is 12.6. The molecule has 0 bridgehead atoms. The van der Waals surface area contributed by atoms with E-state index in [2.05, 4.69) is 4.84 Å². The molecule has 1 rings (SSSR count). The van der Waals surface area contributed by atoms with Gasteiger partial charge in [0, 0.05) is 19.4 Å². The summed E-state index contributed by atoms with van der Waals surface area (Å²) in [5.41, 5.74) is 1.75. The number of rotatable bonds is 4. The second kappa shape index (κ2) is 5.57. The second-order valence-corrected chi connectivity index (χ2v) is 3.79. The highest BCUT2D eigenvalue weighted by Crippen LogP contribution is 2.18. The number of hydrazine groups is 1. The fourth-order valence-electron chi connectivity index (χ4n) is 1.60. The lowest BCUT2D eigenvalue weighted by atomic mass is 9.98. The Bertz CT molecular complexity index is 287. The first-order valence-electron chi connectivity index (χ1n) is 5.03. The second-order valence-electron chi connectivity index (χ2n) is 3.79. The number of carbonyl (C=O) groups is 3. The number of nitrogens with zero attached hydrogens (tertiary/aromatic N) is 1. The molecule has 16 heavy (non-hydrogen) atoms. The maximum atomic E-state index is 11.5. The molecule has 0 aromatic rings. The van der Waals surface area contributed by atoms with Crippen LogP contribution in [0.3, 0.4) is 0 Å². The smallest absolute Gasteiger partial charge is 0.328 e. The van der Waals surface area contributed by atoms with Gasteiger partial charge in [-0.15, -0.1) is 0 Å². The summed E-state index contributed by atoms with van der Waals surface area (Å²) in [6.45, 7) is 1.89. The van der Waals surface area contributed by atoms with Crippen molar-refractivity contribution in [3.8, 4) is 0 Å². The number of hydrogen-bond donors (Lipinski definition) is 2. The molecule has 0 saturated carbocycles. The molecule has 7 heteroatoms. The zero-order valence-electron chi connectivity index (χ0n) is 9.06. The third-order valence-electron chi connectivity index (χ3n) is 2.36. The van der Waals surface area contributed by atoms with Crippen LogP contribution in [0.4, 0.5) is 0 Å². The highest BCUT2D eigenvalue weighted by molar-refractivity contribution is 5.98. The Morgan fingerprint density at radius 1 is 1.50 bits per heavy atom. The van der Waals surface area contributed by atoms with Gasteiger partial charge < -0.3 is 4.84 Å². The highest BCUT2D eigenvalue weighted by atomic mass is 16.7. The van der Waals surface area contributed by atoms with Gasteiger partial charge in [0.2, 0.25) is 11.8 Å². The summed E-state index contributed by atoms with van der Waals surface area (Å²) < 4.78 is 0. The molecule has 3 N–H and O–H groups in total. The molecule has 0 aliphatic carbocycles. The molecule has 1 fully saturated rings. The quantitative estimate of drug-likeness (QED) is 0.367. The van der Waals surface area contributed by atoms with Crippen molar-refractivity contribution in [3.05, 3.63) is 0 Å². The van der Waals surface area contributed by atoms with E-state index in [1.165, 1.54) is 0 Å². The molecule has 1 heterocycles. The van der Waals surface area contributed by atoms with Crippen LogP contribution in [0, 0.1) is 5.92 Å². The van der Waals surface area contributed by atoms with E-state index < -0.39 is 5.97 Å². The summed E-state index contributed by atoms with van der Waals surface area (Å²) in [6, 6.07) is 0. The van der Waals surface area contributed by atoms with Crippen LogP contribution in [0.15, 0.2) is 0 Å². The average Bonchev–Trinajstić information content (AvgIpc) is 2.16. The Kier molecular flexibility index (Phi) is 4.39. The number of hydrogen-bond acceptors (Lipinski definition) is 6. The number of imide groups is 1. The number of amides is 2. The Labute approximate surface area is 92.8 Å². The van der Waals surface area contributed by atoms with E-state index in [1.54, 1.807) is 5.59 Å². The topological polar surface area (TPSA) is 102 Å². The van der Waals surface area contributed by atoms with E-state index in [1.807, 2.05) is 6.92 Å². The lowest BCUT2D eigenvalue weighted by Crippen LogP contribution is -2.44. The van der Waals surface area contributed by atoms with Gasteiger partial charge in [-0.1, -0.05) is 12.5 Å². The Balaban J connectivity index is 2.44. The lowest BCUT2D eigenvalue weighted by molar-refractivity contribution is -0.154. The van der Waals surface area contributed by atoms with Crippen LogP contribution in [0.5, 0.6) is 0 Å². The van der Waals surface area contributed by atoms with Crippen LogP contribution in [-0.4, -0.2) is 29.2 Å². The van der Waals surface area contributed by atoms with Crippen LogP contribution in [0.25, 0.3) is 0 Å². The van der Waals surface area contributed by atoms with Gasteiger partial charge in [-0.2, -0.15) is 0 Å².